The van der Waals surface area contributed by atoms with Crippen LogP contribution in [0, 0.1) is 11.2 Å². The molecule has 1 heterocycles. The van der Waals surface area contributed by atoms with Gasteiger partial charge in [0.1, 0.15) is 11.6 Å². The zero-order chi connectivity index (χ0) is 26.1. The molecule has 0 saturated carbocycles. The number of ketones is 1. The predicted molar refractivity (Wildman–Crippen MR) is 141 cm³/mol. The van der Waals surface area contributed by atoms with Crippen molar-refractivity contribution >= 4 is 38.7 Å². The van der Waals surface area contributed by atoms with Gasteiger partial charge in [-0.3, -0.25) is 10.2 Å². The fourth-order valence-corrected chi connectivity index (χ4v) is 4.42. The van der Waals surface area contributed by atoms with E-state index in [9.17, 15) is 13.2 Å². The SMILES string of the molecule is Br.CCOc1cc2c(c(F)c1OCC)C(=N)N(CC(=O)c1ccc(OS(C)(=O)=O)c(C(C)(C)C)c1)C2. The summed E-state index contributed by atoms with van der Waals surface area (Å²) in [7, 11) is -3.75. The largest absolute Gasteiger partial charge is 0.490 e. The van der Waals surface area contributed by atoms with Crippen LogP contribution in [0.25, 0.3) is 0 Å². The molecule has 3 rings (SSSR count). The molecule has 11 heteroatoms. The average Bonchev–Trinajstić information content (AvgIpc) is 3.04. The fraction of sp³-hybridized carbons (Fsp3) is 0.440. The second-order valence-electron chi connectivity index (χ2n) is 9.29. The molecule has 36 heavy (non-hydrogen) atoms. The maximum atomic E-state index is 15.3. The minimum atomic E-state index is -3.75. The highest BCUT2D eigenvalue weighted by molar-refractivity contribution is 8.93. The number of ether oxygens (including phenoxy) is 2. The number of carbonyl (C=O) groups excluding carboxylic acids is 1. The second-order valence-corrected chi connectivity index (χ2v) is 10.9. The average molecular weight is 588 g/mol. The van der Waals surface area contributed by atoms with Gasteiger partial charge in [-0.2, -0.15) is 8.42 Å². The molecule has 0 fully saturated rings. The van der Waals surface area contributed by atoms with E-state index in [4.69, 9.17) is 19.1 Å². The number of nitrogens with zero attached hydrogens (tertiary/aromatic N) is 1. The molecule has 1 aliphatic rings. The van der Waals surface area contributed by atoms with Crippen molar-refractivity contribution in [2.45, 2.75) is 46.6 Å². The smallest absolute Gasteiger partial charge is 0.306 e. The third-order valence-electron chi connectivity index (χ3n) is 5.46. The summed E-state index contributed by atoms with van der Waals surface area (Å²) in [6.45, 7) is 9.74. The molecule has 1 aliphatic heterocycles. The van der Waals surface area contributed by atoms with Crippen molar-refractivity contribution in [3.63, 3.8) is 0 Å². The van der Waals surface area contributed by atoms with E-state index in [1.165, 1.54) is 17.0 Å². The van der Waals surface area contributed by atoms with Crippen molar-refractivity contribution in [1.82, 2.24) is 4.90 Å². The molecule has 0 radical (unpaired) electrons. The molecule has 1 N–H and O–H groups in total. The zero-order valence-corrected chi connectivity index (χ0v) is 23.8. The lowest BCUT2D eigenvalue weighted by Gasteiger charge is -2.23. The molecular formula is C25H32BrFN2O6S. The highest BCUT2D eigenvalue weighted by Crippen LogP contribution is 2.39. The Morgan fingerprint density at radius 3 is 2.31 bits per heavy atom. The number of nitrogens with one attached hydrogen (secondary N) is 1. The Kier molecular flexibility index (Phi) is 9.17. The number of benzene rings is 2. The lowest BCUT2D eigenvalue weighted by molar-refractivity contribution is 0.0962. The van der Waals surface area contributed by atoms with Crippen molar-refractivity contribution in [2.75, 3.05) is 26.0 Å². The third-order valence-corrected chi connectivity index (χ3v) is 5.94. The minimum absolute atomic E-state index is 0. The van der Waals surface area contributed by atoms with Gasteiger partial charge in [0.05, 0.1) is 31.6 Å². The molecule has 2 aromatic rings. The highest BCUT2D eigenvalue weighted by Gasteiger charge is 2.33. The maximum absolute atomic E-state index is 15.3. The first-order valence-corrected chi connectivity index (χ1v) is 13.1. The molecular weight excluding hydrogens is 555 g/mol. The Morgan fingerprint density at radius 1 is 1.11 bits per heavy atom. The predicted octanol–water partition coefficient (Wildman–Crippen LogP) is 4.86. The first-order chi connectivity index (χ1) is 16.3. The van der Waals surface area contributed by atoms with Crippen LogP contribution in [0.5, 0.6) is 17.2 Å². The number of amidine groups is 1. The summed E-state index contributed by atoms with van der Waals surface area (Å²) in [6.07, 6.45) is 0.961. The molecule has 0 bridgehead atoms. The summed E-state index contributed by atoms with van der Waals surface area (Å²) in [5.74, 6) is -0.695. The van der Waals surface area contributed by atoms with Gasteiger partial charge in [-0.25, -0.2) is 4.39 Å². The molecule has 0 saturated heterocycles. The monoisotopic (exact) mass is 586 g/mol. The van der Waals surface area contributed by atoms with Gasteiger partial charge in [0.2, 0.25) is 0 Å². The molecule has 0 amide bonds. The van der Waals surface area contributed by atoms with Crippen molar-refractivity contribution in [1.29, 1.82) is 5.41 Å². The van der Waals surface area contributed by atoms with Crippen LogP contribution in [0.2, 0.25) is 0 Å². The Morgan fingerprint density at radius 2 is 1.75 bits per heavy atom. The first-order valence-electron chi connectivity index (χ1n) is 11.3. The van der Waals surface area contributed by atoms with Crippen LogP contribution >= 0.6 is 17.0 Å². The Hall–Kier alpha value is -2.66. The van der Waals surface area contributed by atoms with E-state index in [0.717, 1.165) is 6.26 Å². The van der Waals surface area contributed by atoms with Gasteiger partial charge < -0.3 is 18.6 Å². The van der Waals surface area contributed by atoms with E-state index in [-0.39, 0.29) is 71.1 Å². The normalized spacial score (nSPS) is 13.2. The van der Waals surface area contributed by atoms with Crippen LogP contribution in [0.1, 0.15) is 61.7 Å². The van der Waals surface area contributed by atoms with Crippen molar-refractivity contribution in [3.05, 3.63) is 52.3 Å². The number of Topliss-reactive ketones (excluding diaryl/α,β-unsaturated/α-hetero) is 1. The van der Waals surface area contributed by atoms with Crippen LogP contribution in [-0.2, 0) is 22.1 Å². The molecule has 0 aliphatic carbocycles. The quantitative estimate of drug-likeness (QED) is 0.330. The highest BCUT2D eigenvalue weighted by atomic mass is 79.9. The van der Waals surface area contributed by atoms with Gasteiger partial charge >= 0.3 is 10.1 Å². The molecule has 0 unspecified atom stereocenters. The summed E-state index contributed by atoms with van der Waals surface area (Å²) < 4.78 is 54.7. The molecule has 198 valence electrons. The minimum Gasteiger partial charge on any atom is -0.490 e. The summed E-state index contributed by atoms with van der Waals surface area (Å²) in [4.78, 5) is 14.6. The van der Waals surface area contributed by atoms with E-state index < -0.39 is 21.4 Å². The Balaban J connectivity index is 0.00000456. The molecule has 2 aromatic carbocycles. The van der Waals surface area contributed by atoms with Crippen LogP contribution in [0.4, 0.5) is 4.39 Å². The van der Waals surface area contributed by atoms with Crippen LogP contribution < -0.4 is 13.7 Å². The topological polar surface area (TPSA) is 106 Å². The van der Waals surface area contributed by atoms with Gasteiger partial charge in [-0.1, -0.05) is 20.8 Å². The van der Waals surface area contributed by atoms with Gasteiger partial charge in [-0.05, 0) is 49.1 Å². The fourth-order valence-electron chi connectivity index (χ4n) is 3.95. The van der Waals surface area contributed by atoms with E-state index in [1.54, 1.807) is 26.0 Å². The number of rotatable bonds is 9. The third kappa shape index (κ3) is 6.36. The number of hydrogen-bond donors (Lipinski definition) is 1. The Bertz CT molecular complexity index is 1270. The van der Waals surface area contributed by atoms with Crippen molar-refractivity contribution in [2.24, 2.45) is 0 Å². The van der Waals surface area contributed by atoms with Gasteiger partial charge in [0, 0.05) is 17.7 Å². The van der Waals surface area contributed by atoms with E-state index >= 15 is 4.39 Å². The molecule has 0 atom stereocenters. The van der Waals surface area contributed by atoms with Gasteiger partial charge in [-0.15, -0.1) is 17.0 Å². The van der Waals surface area contributed by atoms with E-state index in [0.29, 0.717) is 23.3 Å². The maximum Gasteiger partial charge on any atom is 0.306 e. The second kappa shape index (κ2) is 11.2. The van der Waals surface area contributed by atoms with Gasteiger partial charge in [0.15, 0.2) is 23.1 Å². The van der Waals surface area contributed by atoms with E-state index in [1.807, 2.05) is 20.8 Å². The van der Waals surface area contributed by atoms with Crippen molar-refractivity contribution in [3.8, 4) is 17.2 Å². The van der Waals surface area contributed by atoms with Gasteiger partial charge in [0.25, 0.3) is 0 Å². The molecule has 0 aromatic heterocycles. The lowest BCUT2D eigenvalue weighted by atomic mass is 9.85. The Labute approximate surface area is 222 Å². The molecule has 8 nitrogen and oxygen atoms in total. The number of carbonyl (C=O) groups is 1. The van der Waals surface area contributed by atoms with Crippen LogP contribution in [0.3, 0.4) is 0 Å². The van der Waals surface area contributed by atoms with Crippen LogP contribution in [-0.4, -0.2) is 51.0 Å². The first kappa shape index (κ1) is 29.6. The zero-order valence-electron chi connectivity index (χ0n) is 21.2. The lowest BCUT2D eigenvalue weighted by Crippen LogP contribution is -2.30. The summed E-state index contributed by atoms with van der Waals surface area (Å²) in [5, 5.41) is 8.51. The van der Waals surface area contributed by atoms with E-state index in [2.05, 4.69) is 0 Å². The summed E-state index contributed by atoms with van der Waals surface area (Å²) >= 11 is 0. The van der Waals surface area contributed by atoms with Crippen LogP contribution in [0.15, 0.2) is 24.3 Å². The molecule has 0 spiro atoms. The summed E-state index contributed by atoms with van der Waals surface area (Å²) in [5.41, 5.74) is 1.03. The standard InChI is InChI=1S/C25H31FN2O6S.BrH/c1-7-32-20-12-16-13-28(24(27)21(16)22(26)23(20)33-8-2)14-18(29)15-9-10-19(34-35(6,30)31)17(11-15)25(3,4)5;/h9-12,27H,7-8,13-14H2,1-6H3;1H. The summed E-state index contributed by atoms with van der Waals surface area (Å²) in [6, 6.07) is 6.21. The number of hydrogen-bond acceptors (Lipinski definition) is 7. The number of halogens is 2. The number of fused-ring (bicyclic) bond motifs is 1. The van der Waals surface area contributed by atoms with Crippen molar-refractivity contribution < 1.29 is 31.3 Å².